The van der Waals surface area contributed by atoms with Crippen molar-refractivity contribution < 1.29 is 17.6 Å². The minimum absolute atomic E-state index is 0.0447. The Morgan fingerprint density at radius 3 is 2.56 bits per heavy atom. The largest absolute Gasteiger partial charge is 0.438 e. The minimum Gasteiger partial charge on any atom is -0.438 e. The van der Waals surface area contributed by atoms with E-state index in [-0.39, 0.29) is 10.9 Å². The van der Waals surface area contributed by atoms with Crippen LogP contribution in [0.3, 0.4) is 0 Å². The maximum Gasteiger partial charge on any atom is 0.287 e. The molecule has 0 aliphatic rings. The lowest BCUT2D eigenvalue weighted by atomic mass is 10.3. The van der Waals surface area contributed by atoms with E-state index in [0.717, 1.165) is 9.88 Å². The van der Waals surface area contributed by atoms with E-state index >= 15 is 0 Å². The predicted molar refractivity (Wildman–Crippen MR) is 66.7 cm³/mol. The third kappa shape index (κ3) is 3.21. The lowest BCUT2D eigenvalue weighted by Gasteiger charge is -2.07. The Bertz CT molecular complexity index is 557. The molecule has 0 aliphatic carbocycles. The number of nitrogens with zero attached hydrogens (tertiary/aromatic N) is 1. The smallest absolute Gasteiger partial charge is 0.287 e. The number of carbonyl (C=O) groups excluding carboxylic acids is 1. The van der Waals surface area contributed by atoms with Gasteiger partial charge >= 0.3 is 0 Å². The highest BCUT2D eigenvalue weighted by Gasteiger charge is 2.23. The Balaban J connectivity index is 2.87. The van der Waals surface area contributed by atoms with Crippen molar-refractivity contribution in [2.45, 2.75) is 12.0 Å². The molecule has 1 aromatic heterocycles. The van der Waals surface area contributed by atoms with Crippen molar-refractivity contribution >= 4 is 15.9 Å². The molecule has 1 rings (SSSR count). The molecule has 7 heteroatoms. The molecule has 0 aliphatic heterocycles. The summed E-state index contributed by atoms with van der Waals surface area (Å²) in [6, 6.07) is 2.58. The summed E-state index contributed by atoms with van der Waals surface area (Å²) in [5, 5.41) is 2.30. The van der Waals surface area contributed by atoms with Gasteiger partial charge in [-0.25, -0.2) is 12.7 Å². The van der Waals surface area contributed by atoms with E-state index in [4.69, 9.17) is 4.42 Å². The first-order valence-corrected chi connectivity index (χ1v) is 6.64. The molecule has 1 N–H and O–H groups in total. The van der Waals surface area contributed by atoms with E-state index in [1.807, 2.05) is 0 Å². The molecule has 0 saturated heterocycles. The van der Waals surface area contributed by atoms with E-state index in [0.29, 0.717) is 6.54 Å². The SMILES string of the molecule is C=C(C)CNC(=O)c1ccc(S(=O)(=O)N(C)C)o1. The van der Waals surface area contributed by atoms with Crippen LogP contribution in [-0.4, -0.2) is 39.3 Å². The van der Waals surface area contributed by atoms with Gasteiger partial charge in [-0.15, -0.1) is 0 Å². The summed E-state index contributed by atoms with van der Waals surface area (Å²) < 4.78 is 29.5. The number of carbonyl (C=O) groups is 1. The van der Waals surface area contributed by atoms with Crippen LogP contribution in [-0.2, 0) is 10.0 Å². The monoisotopic (exact) mass is 272 g/mol. The van der Waals surface area contributed by atoms with Crippen molar-refractivity contribution in [3.05, 3.63) is 30.0 Å². The molecule has 6 nitrogen and oxygen atoms in total. The summed E-state index contributed by atoms with van der Waals surface area (Å²) in [5.74, 6) is -0.519. The van der Waals surface area contributed by atoms with Crippen molar-refractivity contribution in [3.63, 3.8) is 0 Å². The molecule has 100 valence electrons. The number of nitrogens with one attached hydrogen (secondary N) is 1. The fraction of sp³-hybridized carbons (Fsp3) is 0.364. The van der Waals surface area contributed by atoms with Crippen LogP contribution in [0, 0.1) is 0 Å². The minimum atomic E-state index is -3.65. The van der Waals surface area contributed by atoms with Crippen LogP contribution >= 0.6 is 0 Å². The second kappa shape index (κ2) is 5.36. The number of amides is 1. The molecule has 1 amide bonds. The van der Waals surface area contributed by atoms with Crippen LogP contribution in [0.1, 0.15) is 17.5 Å². The van der Waals surface area contributed by atoms with E-state index in [2.05, 4.69) is 11.9 Å². The van der Waals surface area contributed by atoms with Crippen LogP contribution in [0.5, 0.6) is 0 Å². The van der Waals surface area contributed by atoms with Gasteiger partial charge in [0.05, 0.1) is 0 Å². The number of hydrogen-bond acceptors (Lipinski definition) is 4. The van der Waals surface area contributed by atoms with Crippen molar-refractivity contribution in [1.82, 2.24) is 9.62 Å². The van der Waals surface area contributed by atoms with Crippen LogP contribution < -0.4 is 5.32 Å². The summed E-state index contributed by atoms with van der Waals surface area (Å²) >= 11 is 0. The molecule has 0 atom stereocenters. The molecular formula is C11H16N2O4S. The van der Waals surface area contributed by atoms with Crippen LogP contribution in [0.15, 0.2) is 33.8 Å². The van der Waals surface area contributed by atoms with Crippen molar-refractivity contribution in [1.29, 1.82) is 0 Å². The first-order chi connectivity index (χ1) is 8.25. The number of furan rings is 1. The highest BCUT2D eigenvalue weighted by molar-refractivity contribution is 7.88. The molecule has 0 aromatic carbocycles. The van der Waals surface area contributed by atoms with Gasteiger partial charge in [0.25, 0.3) is 15.9 Å². The average Bonchev–Trinajstić information content (AvgIpc) is 2.75. The van der Waals surface area contributed by atoms with Crippen LogP contribution in [0.4, 0.5) is 0 Å². The van der Waals surface area contributed by atoms with E-state index in [1.54, 1.807) is 6.92 Å². The number of hydrogen-bond donors (Lipinski definition) is 1. The highest BCUT2D eigenvalue weighted by Crippen LogP contribution is 2.16. The standard InChI is InChI=1S/C11H16N2O4S/c1-8(2)7-12-11(14)9-5-6-10(17-9)18(15,16)13(3)4/h5-6H,1,7H2,2-4H3,(H,12,14). The molecule has 0 spiro atoms. The maximum absolute atomic E-state index is 11.7. The molecule has 0 bridgehead atoms. The topological polar surface area (TPSA) is 79.6 Å². The fourth-order valence-corrected chi connectivity index (χ4v) is 1.87. The number of sulfonamides is 1. The van der Waals surface area contributed by atoms with Crippen LogP contribution in [0.2, 0.25) is 0 Å². The summed E-state index contributed by atoms with van der Waals surface area (Å²) in [6.07, 6.45) is 0. The average molecular weight is 272 g/mol. The second-order valence-electron chi connectivity index (χ2n) is 4.05. The molecular weight excluding hydrogens is 256 g/mol. The van der Waals surface area contributed by atoms with Crippen molar-refractivity contribution in [2.24, 2.45) is 0 Å². The first-order valence-electron chi connectivity index (χ1n) is 5.20. The maximum atomic E-state index is 11.7. The molecule has 1 heterocycles. The molecule has 18 heavy (non-hydrogen) atoms. The lowest BCUT2D eigenvalue weighted by Crippen LogP contribution is -2.24. The van der Waals surface area contributed by atoms with Gasteiger partial charge in [-0.1, -0.05) is 12.2 Å². The van der Waals surface area contributed by atoms with E-state index < -0.39 is 15.9 Å². The van der Waals surface area contributed by atoms with Gasteiger partial charge in [-0.2, -0.15) is 0 Å². The first kappa shape index (κ1) is 14.5. The quantitative estimate of drug-likeness (QED) is 0.805. The van der Waals surface area contributed by atoms with Gasteiger partial charge in [0.1, 0.15) is 0 Å². The molecule has 1 aromatic rings. The third-order valence-electron chi connectivity index (χ3n) is 2.09. The molecule has 0 fully saturated rings. The van der Waals surface area contributed by atoms with Gasteiger partial charge in [0.15, 0.2) is 5.76 Å². The molecule has 0 saturated carbocycles. The van der Waals surface area contributed by atoms with E-state index in [9.17, 15) is 13.2 Å². The zero-order chi connectivity index (χ0) is 13.9. The second-order valence-corrected chi connectivity index (χ2v) is 6.13. The van der Waals surface area contributed by atoms with Gasteiger partial charge in [0, 0.05) is 20.6 Å². The summed E-state index contributed by atoms with van der Waals surface area (Å²) in [4.78, 5) is 11.6. The van der Waals surface area contributed by atoms with Crippen molar-refractivity contribution in [3.8, 4) is 0 Å². The highest BCUT2D eigenvalue weighted by atomic mass is 32.2. The Morgan fingerprint density at radius 1 is 1.44 bits per heavy atom. The normalized spacial score (nSPS) is 11.6. The van der Waals surface area contributed by atoms with Crippen LogP contribution in [0.25, 0.3) is 0 Å². The zero-order valence-corrected chi connectivity index (χ0v) is 11.4. The Morgan fingerprint density at radius 2 is 2.06 bits per heavy atom. The Labute approximate surface area is 106 Å². The van der Waals surface area contributed by atoms with Crippen molar-refractivity contribution in [2.75, 3.05) is 20.6 Å². The van der Waals surface area contributed by atoms with Gasteiger partial charge < -0.3 is 9.73 Å². The summed E-state index contributed by atoms with van der Waals surface area (Å²) in [5.41, 5.74) is 0.788. The Hall–Kier alpha value is -1.60. The molecule has 0 radical (unpaired) electrons. The Kier molecular flexibility index (Phi) is 4.31. The van der Waals surface area contributed by atoms with Gasteiger partial charge in [0.2, 0.25) is 5.09 Å². The lowest BCUT2D eigenvalue weighted by molar-refractivity contribution is 0.0924. The predicted octanol–water partition coefficient (Wildman–Crippen LogP) is 0.836. The van der Waals surface area contributed by atoms with E-state index in [1.165, 1.54) is 26.2 Å². The summed E-state index contributed by atoms with van der Waals surface area (Å²) in [7, 11) is -0.877. The zero-order valence-electron chi connectivity index (χ0n) is 10.6. The fourth-order valence-electron chi connectivity index (χ4n) is 1.08. The third-order valence-corrected chi connectivity index (χ3v) is 3.78. The van der Waals surface area contributed by atoms with Gasteiger partial charge in [-0.05, 0) is 19.1 Å². The summed E-state index contributed by atoms with van der Waals surface area (Å²) in [6.45, 7) is 5.72. The number of rotatable bonds is 5. The molecule has 0 unspecified atom stereocenters. The van der Waals surface area contributed by atoms with Gasteiger partial charge in [-0.3, -0.25) is 4.79 Å².